The Morgan fingerprint density at radius 1 is 1.16 bits per heavy atom. The summed E-state index contributed by atoms with van der Waals surface area (Å²) >= 11 is 3.40. The molecule has 2 aromatic rings. The van der Waals surface area contributed by atoms with Gasteiger partial charge in [-0.2, -0.15) is 0 Å². The standard InChI is InChI=1S/C15H15BrFNO/c1-10(14-9-11(16)3-8-15(14)19)18(2)13-6-4-12(17)5-7-13/h3-10,19H,1-2H3. The maximum Gasteiger partial charge on any atom is 0.123 e. The van der Waals surface area contributed by atoms with E-state index in [-0.39, 0.29) is 17.6 Å². The molecule has 0 bridgehead atoms. The van der Waals surface area contributed by atoms with Crippen molar-refractivity contribution in [2.75, 3.05) is 11.9 Å². The molecule has 0 fully saturated rings. The van der Waals surface area contributed by atoms with E-state index in [4.69, 9.17) is 0 Å². The summed E-state index contributed by atoms with van der Waals surface area (Å²) in [6.07, 6.45) is 0. The fourth-order valence-electron chi connectivity index (χ4n) is 1.97. The average molecular weight is 324 g/mol. The second-order valence-electron chi connectivity index (χ2n) is 4.47. The Kier molecular flexibility index (Phi) is 4.10. The smallest absolute Gasteiger partial charge is 0.123 e. The van der Waals surface area contributed by atoms with Gasteiger partial charge in [0.05, 0.1) is 6.04 Å². The molecule has 100 valence electrons. The zero-order valence-corrected chi connectivity index (χ0v) is 12.4. The molecule has 2 rings (SSSR count). The van der Waals surface area contributed by atoms with E-state index in [9.17, 15) is 9.50 Å². The normalized spacial score (nSPS) is 12.2. The van der Waals surface area contributed by atoms with Crippen molar-refractivity contribution < 1.29 is 9.50 Å². The first-order chi connectivity index (χ1) is 8.99. The first kappa shape index (κ1) is 13.9. The van der Waals surface area contributed by atoms with Gasteiger partial charge in [-0.25, -0.2) is 4.39 Å². The minimum absolute atomic E-state index is 0.0250. The van der Waals surface area contributed by atoms with Crippen molar-refractivity contribution in [2.45, 2.75) is 13.0 Å². The molecule has 1 N–H and O–H groups in total. The number of aromatic hydroxyl groups is 1. The number of hydrogen-bond donors (Lipinski definition) is 1. The van der Waals surface area contributed by atoms with Gasteiger partial charge in [-0.05, 0) is 49.4 Å². The van der Waals surface area contributed by atoms with Gasteiger partial charge in [-0.3, -0.25) is 0 Å². The van der Waals surface area contributed by atoms with Crippen molar-refractivity contribution in [3.8, 4) is 5.75 Å². The number of halogens is 2. The Balaban J connectivity index is 2.30. The molecule has 0 aliphatic heterocycles. The Labute approximate surface area is 120 Å². The van der Waals surface area contributed by atoms with E-state index >= 15 is 0 Å². The lowest BCUT2D eigenvalue weighted by Gasteiger charge is -2.28. The monoisotopic (exact) mass is 323 g/mol. The highest BCUT2D eigenvalue weighted by molar-refractivity contribution is 9.10. The van der Waals surface area contributed by atoms with Crippen molar-refractivity contribution >= 4 is 21.6 Å². The van der Waals surface area contributed by atoms with E-state index in [1.165, 1.54) is 12.1 Å². The summed E-state index contributed by atoms with van der Waals surface area (Å²) in [6.45, 7) is 1.99. The van der Waals surface area contributed by atoms with E-state index in [0.29, 0.717) is 0 Å². The van der Waals surface area contributed by atoms with Crippen LogP contribution < -0.4 is 4.90 Å². The first-order valence-corrected chi connectivity index (χ1v) is 6.75. The molecule has 0 spiro atoms. The Bertz CT molecular complexity index is 571. The van der Waals surface area contributed by atoms with Crippen molar-refractivity contribution in [3.05, 3.63) is 58.3 Å². The van der Waals surface area contributed by atoms with Gasteiger partial charge in [0.15, 0.2) is 0 Å². The number of phenolic OH excluding ortho intramolecular Hbond substituents is 1. The predicted molar refractivity (Wildman–Crippen MR) is 79.0 cm³/mol. The molecular formula is C15H15BrFNO. The number of rotatable bonds is 3. The van der Waals surface area contributed by atoms with Gasteiger partial charge in [0.25, 0.3) is 0 Å². The van der Waals surface area contributed by atoms with Crippen molar-refractivity contribution in [3.63, 3.8) is 0 Å². The Hall–Kier alpha value is -1.55. The lowest BCUT2D eigenvalue weighted by atomic mass is 10.1. The summed E-state index contributed by atoms with van der Waals surface area (Å²) in [5, 5.41) is 9.94. The topological polar surface area (TPSA) is 23.5 Å². The molecular weight excluding hydrogens is 309 g/mol. The highest BCUT2D eigenvalue weighted by atomic mass is 79.9. The van der Waals surface area contributed by atoms with Crippen LogP contribution in [0.15, 0.2) is 46.9 Å². The van der Waals surface area contributed by atoms with Crippen molar-refractivity contribution in [2.24, 2.45) is 0 Å². The minimum atomic E-state index is -0.255. The summed E-state index contributed by atoms with van der Waals surface area (Å²) in [5.41, 5.74) is 1.72. The van der Waals surface area contributed by atoms with E-state index in [0.717, 1.165) is 15.7 Å². The zero-order valence-electron chi connectivity index (χ0n) is 10.8. The second-order valence-corrected chi connectivity index (χ2v) is 5.38. The highest BCUT2D eigenvalue weighted by Gasteiger charge is 2.16. The van der Waals surface area contributed by atoms with E-state index < -0.39 is 0 Å². The fraction of sp³-hybridized carbons (Fsp3) is 0.200. The molecule has 0 amide bonds. The third-order valence-corrected chi connectivity index (χ3v) is 3.75. The fourth-order valence-corrected chi connectivity index (χ4v) is 2.35. The van der Waals surface area contributed by atoms with Gasteiger partial charge >= 0.3 is 0 Å². The number of nitrogens with zero attached hydrogens (tertiary/aromatic N) is 1. The number of hydrogen-bond acceptors (Lipinski definition) is 2. The lowest BCUT2D eigenvalue weighted by molar-refractivity contribution is 0.462. The molecule has 2 nitrogen and oxygen atoms in total. The maximum atomic E-state index is 12.9. The first-order valence-electron chi connectivity index (χ1n) is 5.96. The van der Waals surface area contributed by atoms with Gasteiger partial charge in [-0.15, -0.1) is 0 Å². The summed E-state index contributed by atoms with van der Waals surface area (Å²) < 4.78 is 13.8. The van der Waals surface area contributed by atoms with Gasteiger partial charge in [-0.1, -0.05) is 15.9 Å². The van der Waals surface area contributed by atoms with Crippen LogP contribution in [0.4, 0.5) is 10.1 Å². The summed E-state index contributed by atoms with van der Waals surface area (Å²) in [4.78, 5) is 1.99. The van der Waals surface area contributed by atoms with Gasteiger partial charge in [0, 0.05) is 22.8 Å². The summed E-state index contributed by atoms with van der Waals surface area (Å²) in [5.74, 6) is -0.000215. The van der Waals surface area contributed by atoms with Crippen LogP contribution in [0.25, 0.3) is 0 Å². The molecule has 19 heavy (non-hydrogen) atoms. The molecule has 0 aromatic heterocycles. The molecule has 0 radical (unpaired) electrons. The number of phenols is 1. The van der Waals surface area contributed by atoms with Crippen LogP contribution in [-0.2, 0) is 0 Å². The quantitative estimate of drug-likeness (QED) is 0.899. The minimum Gasteiger partial charge on any atom is -0.508 e. The largest absolute Gasteiger partial charge is 0.508 e. The van der Waals surface area contributed by atoms with Crippen LogP contribution in [0.2, 0.25) is 0 Å². The third-order valence-electron chi connectivity index (χ3n) is 3.25. The van der Waals surface area contributed by atoms with Crippen molar-refractivity contribution in [1.82, 2.24) is 0 Å². The van der Waals surface area contributed by atoms with Gasteiger partial charge in [0.1, 0.15) is 11.6 Å². The number of benzene rings is 2. The number of anilines is 1. The molecule has 2 aromatic carbocycles. The second kappa shape index (κ2) is 5.61. The van der Waals surface area contributed by atoms with Gasteiger partial charge < -0.3 is 10.0 Å². The molecule has 0 aliphatic rings. The molecule has 0 heterocycles. The van der Waals surface area contributed by atoms with E-state index in [2.05, 4.69) is 15.9 Å². The van der Waals surface area contributed by atoms with Crippen LogP contribution in [0.3, 0.4) is 0 Å². The van der Waals surface area contributed by atoms with Crippen molar-refractivity contribution in [1.29, 1.82) is 0 Å². The Morgan fingerprint density at radius 2 is 1.79 bits per heavy atom. The summed E-state index contributed by atoms with van der Waals surface area (Å²) in [7, 11) is 1.91. The van der Waals surface area contributed by atoms with Crippen LogP contribution in [0.1, 0.15) is 18.5 Å². The van der Waals surface area contributed by atoms with Crippen LogP contribution in [0.5, 0.6) is 5.75 Å². The van der Waals surface area contributed by atoms with E-state index in [1.54, 1.807) is 24.3 Å². The molecule has 4 heteroatoms. The molecule has 1 unspecified atom stereocenters. The van der Waals surface area contributed by atoms with Crippen LogP contribution in [-0.4, -0.2) is 12.2 Å². The van der Waals surface area contributed by atoms with E-state index in [1.807, 2.05) is 24.9 Å². The molecule has 1 atom stereocenters. The predicted octanol–water partition coefficient (Wildman–Crippen LogP) is 4.49. The lowest BCUT2D eigenvalue weighted by Crippen LogP contribution is -2.21. The molecule has 0 aliphatic carbocycles. The highest BCUT2D eigenvalue weighted by Crippen LogP contribution is 2.32. The van der Waals surface area contributed by atoms with Crippen LogP contribution in [0, 0.1) is 5.82 Å². The zero-order chi connectivity index (χ0) is 14.0. The third kappa shape index (κ3) is 3.07. The molecule has 0 saturated carbocycles. The molecule has 0 saturated heterocycles. The summed E-state index contributed by atoms with van der Waals surface area (Å²) in [6, 6.07) is 11.6. The Morgan fingerprint density at radius 3 is 2.42 bits per heavy atom. The van der Waals surface area contributed by atoms with Crippen LogP contribution >= 0.6 is 15.9 Å². The van der Waals surface area contributed by atoms with Gasteiger partial charge in [0.2, 0.25) is 0 Å². The average Bonchev–Trinajstić information content (AvgIpc) is 2.41. The SMILES string of the molecule is CC(c1cc(Br)ccc1O)N(C)c1ccc(F)cc1. The maximum absolute atomic E-state index is 12.9.